The Morgan fingerprint density at radius 3 is 2.81 bits per heavy atom. The molecule has 1 aromatic heterocycles. The molecule has 0 aliphatic heterocycles. The highest BCUT2D eigenvalue weighted by Crippen LogP contribution is 2.32. The van der Waals surface area contributed by atoms with Crippen LogP contribution in [0.3, 0.4) is 0 Å². The van der Waals surface area contributed by atoms with Gasteiger partial charge in [0.2, 0.25) is 0 Å². The summed E-state index contributed by atoms with van der Waals surface area (Å²) in [7, 11) is 1.39. The van der Waals surface area contributed by atoms with Crippen molar-refractivity contribution in [2.75, 3.05) is 13.7 Å². The van der Waals surface area contributed by atoms with E-state index in [0.717, 1.165) is 6.42 Å². The summed E-state index contributed by atoms with van der Waals surface area (Å²) >= 11 is 0. The van der Waals surface area contributed by atoms with E-state index in [2.05, 4.69) is 15.0 Å². The van der Waals surface area contributed by atoms with Gasteiger partial charge in [-0.2, -0.15) is 8.78 Å². The summed E-state index contributed by atoms with van der Waals surface area (Å²) in [5.41, 5.74) is 6.61. The summed E-state index contributed by atoms with van der Waals surface area (Å²) < 4.78 is 35.9. The van der Waals surface area contributed by atoms with Gasteiger partial charge in [0.15, 0.2) is 11.5 Å². The van der Waals surface area contributed by atoms with Crippen LogP contribution < -0.4 is 15.2 Å². The van der Waals surface area contributed by atoms with Gasteiger partial charge in [-0.1, -0.05) is 5.21 Å². The van der Waals surface area contributed by atoms with Gasteiger partial charge in [-0.3, -0.25) is 4.68 Å². The number of hydrogen-bond donors (Lipinski definition) is 1. The Labute approximate surface area is 120 Å². The van der Waals surface area contributed by atoms with E-state index in [9.17, 15) is 8.78 Å². The number of rotatable bonds is 7. The molecule has 0 bridgehead atoms. The molecule has 2 rings (SSSR count). The first kappa shape index (κ1) is 15.2. The van der Waals surface area contributed by atoms with Crippen LogP contribution in [-0.2, 0) is 6.54 Å². The molecule has 0 atom stereocenters. The Hall–Kier alpha value is -2.22. The zero-order chi connectivity index (χ0) is 15.2. The van der Waals surface area contributed by atoms with E-state index in [1.165, 1.54) is 13.2 Å². The van der Waals surface area contributed by atoms with Crippen LogP contribution in [0.4, 0.5) is 8.78 Å². The number of methoxy groups -OCH3 is 1. The van der Waals surface area contributed by atoms with Gasteiger partial charge in [0.1, 0.15) is 5.69 Å². The fraction of sp³-hybridized carbons (Fsp3) is 0.385. The van der Waals surface area contributed by atoms with Crippen molar-refractivity contribution >= 4 is 0 Å². The number of aryl methyl sites for hydroxylation is 1. The normalized spacial score (nSPS) is 10.9. The third kappa shape index (κ3) is 3.88. The van der Waals surface area contributed by atoms with Crippen LogP contribution in [0.15, 0.2) is 24.4 Å². The molecule has 8 heteroatoms. The summed E-state index contributed by atoms with van der Waals surface area (Å²) in [6.07, 6.45) is 2.51. The van der Waals surface area contributed by atoms with Crippen molar-refractivity contribution in [3.63, 3.8) is 0 Å². The zero-order valence-electron chi connectivity index (χ0n) is 11.5. The average molecular weight is 298 g/mol. The standard InChI is InChI=1S/C13H16F2N4O2/c1-20-11-4-3-9(7-12(11)21-13(14)15)10-8-19(18-17-10)6-2-5-16/h3-4,7-8,13H,2,5-6,16H2,1H3. The van der Waals surface area contributed by atoms with E-state index in [-0.39, 0.29) is 11.5 Å². The third-order valence-electron chi connectivity index (χ3n) is 2.81. The molecule has 0 saturated heterocycles. The summed E-state index contributed by atoms with van der Waals surface area (Å²) in [5.74, 6) is 0.191. The minimum Gasteiger partial charge on any atom is -0.493 e. The lowest BCUT2D eigenvalue weighted by atomic mass is 10.1. The highest BCUT2D eigenvalue weighted by atomic mass is 19.3. The van der Waals surface area contributed by atoms with Crippen LogP contribution >= 0.6 is 0 Å². The molecule has 0 radical (unpaired) electrons. The summed E-state index contributed by atoms with van der Waals surface area (Å²) in [5, 5.41) is 7.96. The Balaban J connectivity index is 2.24. The van der Waals surface area contributed by atoms with Crippen molar-refractivity contribution in [1.29, 1.82) is 0 Å². The zero-order valence-corrected chi connectivity index (χ0v) is 11.5. The highest BCUT2D eigenvalue weighted by Gasteiger charge is 2.13. The molecule has 2 aromatic rings. The SMILES string of the molecule is COc1ccc(-c2cn(CCCN)nn2)cc1OC(F)F. The number of halogens is 2. The lowest BCUT2D eigenvalue weighted by Gasteiger charge is -2.10. The van der Waals surface area contributed by atoms with Crippen LogP contribution in [-0.4, -0.2) is 35.3 Å². The predicted molar refractivity (Wildman–Crippen MR) is 72.3 cm³/mol. The van der Waals surface area contributed by atoms with Crippen LogP contribution in [0.2, 0.25) is 0 Å². The molecule has 1 aromatic carbocycles. The Morgan fingerprint density at radius 1 is 1.33 bits per heavy atom. The van der Waals surface area contributed by atoms with Gasteiger partial charge in [-0.15, -0.1) is 5.10 Å². The van der Waals surface area contributed by atoms with Crippen LogP contribution in [0.1, 0.15) is 6.42 Å². The molecule has 114 valence electrons. The van der Waals surface area contributed by atoms with Crippen molar-refractivity contribution < 1.29 is 18.3 Å². The van der Waals surface area contributed by atoms with Crippen molar-refractivity contribution in [3.8, 4) is 22.8 Å². The molecule has 0 spiro atoms. The van der Waals surface area contributed by atoms with Crippen LogP contribution in [0.25, 0.3) is 11.3 Å². The number of ether oxygens (including phenoxy) is 2. The number of nitrogens with zero attached hydrogens (tertiary/aromatic N) is 3. The van der Waals surface area contributed by atoms with Gasteiger partial charge in [0, 0.05) is 12.1 Å². The molecule has 6 nitrogen and oxygen atoms in total. The second-order valence-electron chi connectivity index (χ2n) is 4.25. The van der Waals surface area contributed by atoms with Gasteiger partial charge in [-0.25, -0.2) is 0 Å². The lowest BCUT2D eigenvalue weighted by Crippen LogP contribution is -2.06. The lowest BCUT2D eigenvalue weighted by molar-refractivity contribution is -0.0511. The maximum Gasteiger partial charge on any atom is 0.387 e. The van der Waals surface area contributed by atoms with Crippen molar-refractivity contribution in [3.05, 3.63) is 24.4 Å². The molecule has 0 aliphatic carbocycles. The topological polar surface area (TPSA) is 75.2 Å². The number of benzene rings is 1. The Kier molecular flexibility index (Phi) is 5.04. The van der Waals surface area contributed by atoms with E-state index in [1.54, 1.807) is 23.0 Å². The smallest absolute Gasteiger partial charge is 0.387 e. The third-order valence-corrected chi connectivity index (χ3v) is 2.81. The van der Waals surface area contributed by atoms with E-state index < -0.39 is 6.61 Å². The minimum atomic E-state index is -2.92. The molecular weight excluding hydrogens is 282 g/mol. The summed E-state index contributed by atoms with van der Waals surface area (Å²) in [4.78, 5) is 0. The van der Waals surface area contributed by atoms with Crippen molar-refractivity contribution in [1.82, 2.24) is 15.0 Å². The fourth-order valence-electron chi connectivity index (χ4n) is 1.82. The molecule has 0 unspecified atom stereocenters. The quantitative estimate of drug-likeness (QED) is 0.845. The minimum absolute atomic E-state index is 0.0403. The number of hydrogen-bond acceptors (Lipinski definition) is 5. The number of alkyl halides is 2. The monoisotopic (exact) mass is 298 g/mol. The summed E-state index contributed by atoms with van der Waals surface area (Å²) in [6, 6.07) is 4.70. The predicted octanol–water partition coefficient (Wildman–Crippen LogP) is 1.90. The molecule has 21 heavy (non-hydrogen) atoms. The van der Waals surface area contributed by atoms with Crippen LogP contribution in [0, 0.1) is 0 Å². The Bertz CT molecular complexity index is 589. The van der Waals surface area contributed by atoms with Gasteiger partial charge < -0.3 is 15.2 Å². The van der Waals surface area contributed by atoms with Crippen molar-refractivity contribution in [2.24, 2.45) is 5.73 Å². The first-order valence-corrected chi connectivity index (χ1v) is 6.37. The van der Waals surface area contributed by atoms with E-state index in [0.29, 0.717) is 24.3 Å². The molecule has 0 fully saturated rings. The van der Waals surface area contributed by atoms with Gasteiger partial charge >= 0.3 is 6.61 Å². The van der Waals surface area contributed by atoms with E-state index in [4.69, 9.17) is 10.5 Å². The van der Waals surface area contributed by atoms with Gasteiger partial charge in [0.25, 0.3) is 0 Å². The van der Waals surface area contributed by atoms with Gasteiger partial charge in [-0.05, 0) is 31.2 Å². The average Bonchev–Trinajstić information content (AvgIpc) is 2.93. The largest absolute Gasteiger partial charge is 0.493 e. The molecule has 1 heterocycles. The molecule has 0 amide bonds. The maximum atomic E-state index is 12.4. The molecule has 0 aliphatic rings. The maximum absolute atomic E-state index is 12.4. The van der Waals surface area contributed by atoms with E-state index in [1.807, 2.05) is 0 Å². The van der Waals surface area contributed by atoms with Crippen LogP contribution in [0.5, 0.6) is 11.5 Å². The molecule has 0 saturated carbocycles. The number of nitrogens with two attached hydrogens (primary N) is 1. The second-order valence-corrected chi connectivity index (χ2v) is 4.25. The fourth-order valence-corrected chi connectivity index (χ4v) is 1.82. The highest BCUT2D eigenvalue weighted by molar-refractivity contribution is 5.63. The van der Waals surface area contributed by atoms with Gasteiger partial charge in [0.05, 0.1) is 13.3 Å². The Morgan fingerprint density at radius 2 is 2.14 bits per heavy atom. The first-order valence-electron chi connectivity index (χ1n) is 6.37. The van der Waals surface area contributed by atoms with E-state index >= 15 is 0 Å². The summed E-state index contributed by atoms with van der Waals surface area (Å²) in [6.45, 7) is -1.71. The first-order chi connectivity index (χ1) is 10.1. The second kappa shape index (κ2) is 6.98. The number of aromatic nitrogens is 3. The van der Waals surface area contributed by atoms with Crippen molar-refractivity contribution in [2.45, 2.75) is 19.6 Å². The molecular formula is C13H16F2N4O2. The molecule has 2 N–H and O–H groups in total.